The molecule has 154 valence electrons. The van der Waals surface area contributed by atoms with Crippen LogP contribution >= 0.6 is 0 Å². The number of halogens is 3. The van der Waals surface area contributed by atoms with E-state index in [-0.39, 0.29) is 12.5 Å². The maximum atomic E-state index is 12.5. The lowest BCUT2D eigenvalue weighted by Crippen LogP contribution is -2.39. The largest absolute Gasteiger partial charge is 0.476 e. The van der Waals surface area contributed by atoms with E-state index >= 15 is 0 Å². The predicted molar refractivity (Wildman–Crippen MR) is 98.1 cm³/mol. The summed E-state index contributed by atoms with van der Waals surface area (Å²) in [6, 6.07) is 2.14. The fourth-order valence-electron chi connectivity index (χ4n) is 2.31. The first-order valence-corrected chi connectivity index (χ1v) is 8.99. The molecule has 0 spiro atoms. The van der Waals surface area contributed by atoms with Gasteiger partial charge in [0.2, 0.25) is 5.88 Å². The summed E-state index contributed by atoms with van der Waals surface area (Å²) in [5, 5.41) is 14.1. The third-order valence-electron chi connectivity index (χ3n) is 3.68. The molecule has 2 heterocycles. The van der Waals surface area contributed by atoms with Gasteiger partial charge in [-0.3, -0.25) is 4.99 Å². The van der Waals surface area contributed by atoms with Crippen LogP contribution in [-0.2, 0) is 19.1 Å². The fraction of sp³-hybridized carbons (Fsp3) is 0.529. The Kier molecular flexibility index (Phi) is 8.02. The van der Waals surface area contributed by atoms with Crippen LogP contribution in [0.15, 0.2) is 29.6 Å². The summed E-state index contributed by atoms with van der Waals surface area (Å²) in [5.74, 6) is 1.67. The lowest BCUT2D eigenvalue weighted by molar-refractivity contribution is -0.137. The first-order chi connectivity index (χ1) is 13.4. The highest BCUT2D eigenvalue weighted by molar-refractivity contribution is 5.79. The molecule has 2 rings (SSSR count). The second kappa shape index (κ2) is 10.5. The molecule has 0 bridgehead atoms. The Hall–Kier alpha value is -2.85. The minimum Gasteiger partial charge on any atom is -0.476 e. The molecular weight excluding hydrogens is 375 g/mol. The number of aliphatic imine (C=N–C) groups is 1. The van der Waals surface area contributed by atoms with E-state index < -0.39 is 11.7 Å². The van der Waals surface area contributed by atoms with Crippen LogP contribution in [0.3, 0.4) is 0 Å². The molecule has 0 amide bonds. The number of aryl methyl sites for hydroxylation is 1. The van der Waals surface area contributed by atoms with Crippen LogP contribution in [0.25, 0.3) is 0 Å². The number of hydrogen-bond donors (Lipinski definition) is 2. The molecule has 0 atom stereocenters. The molecule has 0 fully saturated rings. The molecule has 0 aliphatic carbocycles. The van der Waals surface area contributed by atoms with E-state index in [0.29, 0.717) is 32.1 Å². The van der Waals surface area contributed by atoms with Gasteiger partial charge in [0.1, 0.15) is 18.8 Å². The van der Waals surface area contributed by atoms with Gasteiger partial charge in [-0.1, -0.05) is 6.92 Å². The van der Waals surface area contributed by atoms with E-state index in [1.54, 1.807) is 6.33 Å². The Morgan fingerprint density at radius 1 is 1.25 bits per heavy atom. The predicted octanol–water partition coefficient (Wildman–Crippen LogP) is 1.89. The molecule has 0 radical (unpaired) electrons. The summed E-state index contributed by atoms with van der Waals surface area (Å²) >= 11 is 0. The quantitative estimate of drug-likeness (QED) is 0.380. The number of aromatic nitrogens is 4. The number of guanidine groups is 1. The number of nitrogens with zero attached hydrogens (tertiary/aromatic N) is 5. The zero-order chi connectivity index (χ0) is 20.4. The first kappa shape index (κ1) is 21.5. The monoisotopic (exact) mass is 399 g/mol. The number of rotatable bonds is 9. The summed E-state index contributed by atoms with van der Waals surface area (Å²) in [5.41, 5.74) is -0.807. The van der Waals surface area contributed by atoms with Crippen molar-refractivity contribution in [1.82, 2.24) is 30.4 Å². The molecule has 8 nitrogen and oxygen atoms in total. The van der Waals surface area contributed by atoms with Gasteiger partial charge in [0.05, 0.1) is 18.7 Å². The van der Waals surface area contributed by atoms with Gasteiger partial charge in [-0.05, 0) is 13.0 Å². The molecule has 0 aliphatic rings. The summed E-state index contributed by atoms with van der Waals surface area (Å²) in [7, 11) is 0. The maximum Gasteiger partial charge on any atom is 0.417 e. The first-order valence-electron chi connectivity index (χ1n) is 8.99. The number of hydrogen-bond acceptors (Lipinski definition) is 5. The summed E-state index contributed by atoms with van der Waals surface area (Å²) in [4.78, 5) is 8.13. The van der Waals surface area contributed by atoms with Crippen LogP contribution in [0.4, 0.5) is 13.2 Å². The van der Waals surface area contributed by atoms with Gasteiger partial charge >= 0.3 is 6.18 Å². The Bertz CT molecular complexity index is 744. The Morgan fingerprint density at radius 3 is 2.71 bits per heavy atom. The fourth-order valence-corrected chi connectivity index (χ4v) is 2.31. The van der Waals surface area contributed by atoms with Crippen LogP contribution in [-0.4, -0.2) is 51.9 Å². The lowest BCUT2D eigenvalue weighted by atomic mass is 10.3. The molecule has 0 saturated carbocycles. The van der Waals surface area contributed by atoms with Crippen molar-refractivity contribution in [3.05, 3.63) is 36.0 Å². The average molecular weight is 399 g/mol. The van der Waals surface area contributed by atoms with Crippen molar-refractivity contribution in [3.8, 4) is 5.88 Å². The van der Waals surface area contributed by atoms with Crippen molar-refractivity contribution in [2.45, 2.75) is 33.0 Å². The molecule has 2 aromatic rings. The van der Waals surface area contributed by atoms with Crippen molar-refractivity contribution in [2.75, 3.05) is 26.2 Å². The lowest BCUT2D eigenvalue weighted by Gasteiger charge is -2.12. The molecule has 11 heteroatoms. The highest BCUT2D eigenvalue weighted by Gasteiger charge is 2.30. The number of pyridine rings is 1. The topological polar surface area (TPSA) is 89.2 Å². The van der Waals surface area contributed by atoms with Crippen molar-refractivity contribution in [3.63, 3.8) is 0 Å². The zero-order valence-corrected chi connectivity index (χ0v) is 15.8. The van der Waals surface area contributed by atoms with E-state index in [1.165, 1.54) is 6.07 Å². The molecule has 0 saturated heterocycles. The molecule has 28 heavy (non-hydrogen) atoms. The standard InChI is InChI=1S/C17H24F3N7O/c1-3-14-26-25-12-27(14)9-7-22-16(21-4-2)23-8-10-28-15-6-5-13(11-24-15)17(18,19)20/h5-6,11-12H,3-4,7-10H2,1-2H3,(H2,21,22,23). The van der Waals surface area contributed by atoms with Crippen LogP contribution < -0.4 is 15.4 Å². The van der Waals surface area contributed by atoms with Gasteiger partial charge in [0.15, 0.2) is 5.96 Å². The molecule has 2 aromatic heterocycles. The third kappa shape index (κ3) is 6.71. The number of nitrogens with one attached hydrogen (secondary N) is 2. The van der Waals surface area contributed by atoms with Crippen molar-refractivity contribution >= 4 is 5.96 Å². The highest BCUT2D eigenvalue weighted by Crippen LogP contribution is 2.29. The Balaban J connectivity index is 1.76. The highest BCUT2D eigenvalue weighted by atomic mass is 19.4. The van der Waals surface area contributed by atoms with Crippen molar-refractivity contribution in [2.24, 2.45) is 4.99 Å². The summed E-state index contributed by atoms with van der Waals surface area (Å²) in [6.45, 7) is 6.52. The third-order valence-corrected chi connectivity index (χ3v) is 3.68. The molecule has 2 N–H and O–H groups in total. The van der Waals surface area contributed by atoms with E-state index in [4.69, 9.17) is 4.74 Å². The van der Waals surface area contributed by atoms with E-state index in [0.717, 1.165) is 24.5 Å². The minimum atomic E-state index is -4.41. The zero-order valence-electron chi connectivity index (χ0n) is 15.8. The van der Waals surface area contributed by atoms with Crippen molar-refractivity contribution < 1.29 is 17.9 Å². The van der Waals surface area contributed by atoms with Crippen LogP contribution in [0.5, 0.6) is 5.88 Å². The van der Waals surface area contributed by atoms with Gasteiger partial charge < -0.3 is 19.9 Å². The van der Waals surface area contributed by atoms with E-state index in [9.17, 15) is 13.2 Å². The van der Waals surface area contributed by atoms with E-state index in [2.05, 4.69) is 30.8 Å². The van der Waals surface area contributed by atoms with Crippen molar-refractivity contribution in [1.29, 1.82) is 0 Å². The summed E-state index contributed by atoms with van der Waals surface area (Å²) in [6.07, 6.45) is -1.17. The Morgan fingerprint density at radius 2 is 2.07 bits per heavy atom. The SMILES string of the molecule is CCNC(=NCCn1cnnc1CC)NCCOc1ccc(C(F)(F)F)cn1. The number of alkyl halides is 3. The molecule has 0 unspecified atom stereocenters. The molecule has 0 aliphatic heterocycles. The van der Waals surface area contributed by atoms with Gasteiger partial charge in [-0.2, -0.15) is 13.2 Å². The minimum absolute atomic E-state index is 0.136. The smallest absolute Gasteiger partial charge is 0.417 e. The van der Waals surface area contributed by atoms with Gasteiger partial charge in [-0.25, -0.2) is 4.98 Å². The van der Waals surface area contributed by atoms with Crippen LogP contribution in [0, 0.1) is 0 Å². The second-order valence-corrected chi connectivity index (χ2v) is 5.71. The van der Waals surface area contributed by atoms with Gasteiger partial charge in [0, 0.05) is 31.8 Å². The normalized spacial score (nSPS) is 12.1. The number of ether oxygens (including phenoxy) is 1. The van der Waals surface area contributed by atoms with Crippen LogP contribution in [0.2, 0.25) is 0 Å². The molecular formula is C17H24F3N7O. The van der Waals surface area contributed by atoms with Gasteiger partial charge in [-0.15, -0.1) is 10.2 Å². The summed E-state index contributed by atoms with van der Waals surface area (Å²) < 4.78 is 44.8. The van der Waals surface area contributed by atoms with E-state index in [1.807, 2.05) is 18.4 Å². The van der Waals surface area contributed by atoms with Gasteiger partial charge in [0.25, 0.3) is 0 Å². The van der Waals surface area contributed by atoms with Crippen LogP contribution in [0.1, 0.15) is 25.2 Å². The average Bonchev–Trinajstić information content (AvgIpc) is 3.12. The second-order valence-electron chi connectivity index (χ2n) is 5.71. The maximum absolute atomic E-state index is 12.5. The molecule has 0 aromatic carbocycles. The Labute approximate surface area is 161 Å².